The van der Waals surface area contributed by atoms with E-state index in [0.717, 1.165) is 12.8 Å². The van der Waals surface area contributed by atoms with E-state index in [-0.39, 0.29) is 31.1 Å². The molecule has 2 nitrogen and oxygen atoms in total. The zero-order chi connectivity index (χ0) is 11.5. The molecule has 1 saturated carbocycles. The molecule has 2 N–H and O–H groups in total. The third-order valence-corrected chi connectivity index (χ3v) is 2.61. The minimum atomic E-state index is -4.15. The molecule has 0 bridgehead atoms. The van der Waals surface area contributed by atoms with Gasteiger partial charge < -0.3 is 5.73 Å². The molecule has 1 rings (SSSR count). The van der Waals surface area contributed by atoms with E-state index < -0.39 is 12.6 Å². The first kappa shape index (κ1) is 12.5. The summed E-state index contributed by atoms with van der Waals surface area (Å²) in [5.74, 6) is 0.287. The summed E-state index contributed by atoms with van der Waals surface area (Å²) in [4.78, 5) is 11.2. The fraction of sp³-hybridized carbons (Fsp3) is 0.900. The van der Waals surface area contributed by atoms with E-state index in [1.807, 2.05) is 0 Å². The minimum Gasteiger partial charge on any atom is -0.327 e. The molecule has 0 radical (unpaired) electrons. The van der Waals surface area contributed by atoms with Crippen LogP contribution >= 0.6 is 0 Å². The average molecular weight is 223 g/mol. The van der Waals surface area contributed by atoms with Gasteiger partial charge >= 0.3 is 6.18 Å². The number of ketones is 1. The molecule has 1 aliphatic rings. The second-order valence-electron chi connectivity index (χ2n) is 4.21. The van der Waals surface area contributed by atoms with Crippen molar-refractivity contribution < 1.29 is 18.0 Å². The van der Waals surface area contributed by atoms with Crippen LogP contribution < -0.4 is 5.73 Å². The van der Waals surface area contributed by atoms with E-state index in [2.05, 4.69) is 0 Å². The van der Waals surface area contributed by atoms with Crippen molar-refractivity contribution in [1.29, 1.82) is 0 Å². The fourth-order valence-corrected chi connectivity index (χ4v) is 1.54. The molecule has 88 valence electrons. The van der Waals surface area contributed by atoms with Gasteiger partial charge in [-0.1, -0.05) is 0 Å². The summed E-state index contributed by atoms with van der Waals surface area (Å²) in [6, 6.07) is -0.136. The molecule has 15 heavy (non-hydrogen) atoms. The molecule has 0 spiro atoms. The summed E-state index contributed by atoms with van der Waals surface area (Å²) in [5.41, 5.74) is 5.69. The lowest BCUT2D eigenvalue weighted by molar-refractivity contribution is -0.137. The first-order valence-electron chi connectivity index (χ1n) is 5.22. The van der Waals surface area contributed by atoms with Crippen LogP contribution in [-0.4, -0.2) is 18.0 Å². The van der Waals surface area contributed by atoms with E-state index in [9.17, 15) is 18.0 Å². The Balaban J connectivity index is 2.07. The number of Topliss-reactive ketones (excluding diaryl/α,β-unsaturated/α-hetero) is 1. The van der Waals surface area contributed by atoms with Crippen LogP contribution in [0.4, 0.5) is 13.2 Å². The molecule has 0 aromatic heterocycles. The van der Waals surface area contributed by atoms with Crippen molar-refractivity contribution in [2.24, 2.45) is 11.7 Å². The highest BCUT2D eigenvalue weighted by atomic mass is 19.4. The molecule has 0 aromatic carbocycles. The summed E-state index contributed by atoms with van der Waals surface area (Å²) in [5, 5.41) is 0. The summed E-state index contributed by atoms with van der Waals surface area (Å²) >= 11 is 0. The predicted molar refractivity (Wildman–Crippen MR) is 50.2 cm³/mol. The number of rotatable bonds is 6. The van der Waals surface area contributed by atoms with Crippen LogP contribution in [0.5, 0.6) is 0 Å². The smallest absolute Gasteiger partial charge is 0.327 e. The zero-order valence-electron chi connectivity index (χ0n) is 8.52. The normalized spacial score (nSPS) is 18.9. The molecule has 5 heteroatoms. The second kappa shape index (κ2) is 4.96. The number of hydrogen-bond donors (Lipinski definition) is 1. The lowest BCUT2D eigenvalue weighted by atomic mass is 10.0. The van der Waals surface area contributed by atoms with Gasteiger partial charge in [-0.25, -0.2) is 0 Å². The van der Waals surface area contributed by atoms with Gasteiger partial charge in [0.1, 0.15) is 5.78 Å². The largest absolute Gasteiger partial charge is 0.389 e. The maximum atomic E-state index is 11.8. The van der Waals surface area contributed by atoms with Crippen LogP contribution in [0.2, 0.25) is 0 Å². The molecule has 1 unspecified atom stereocenters. The van der Waals surface area contributed by atoms with Crippen molar-refractivity contribution in [3.63, 3.8) is 0 Å². The van der Waals surface area contributed by atoms with Crippen molar-refractivity contribution >= 4 is 5.78 Å². The van der Waals surface area contributed by atoms with Crippen molar-refractivity contribution in [3.05, 3.63) is 0 Å². The van der Waals surface area contributed by atoms with E-state index in [4.69, 9.17) is 5.73 Å². The Kier molecular flexibility index (Phi) is 4.13. The number of nitrogens with two attached hydrogens (primary N) is 1. The summed E-state index contributed by atoms with van der Waals surface area (Å²) in [7, 11) is 0. The Morgan fingerprint density at radius 1 is 1.40 bits per heavy atom. The first-order chi connectivity index (χ1) is 6.88. The van der Waals surface area contributed by atoms with Crippen LogP contribution in [0, 0.1) is 5.92 Å². The van der Waals surface area contributed by atoms with Gasteiger partial charge in [0, 0.05) is 25.3 Å². The Bertz CT molecular complexity index is 223. The van der Waals surface area contributed by atoms with E-state index in [0.29, 0.717) is 5.92 Å². The third-order valence-electron chi connectivity index (χ3n) is 2.61. The maximum absolute atomic E-state index is 11.8. The lowest BCUT2D eigenvalue weighted by Gasteiger charge is -2.09. The van der Waals surface area contributed by atoms with Gasteiger partial charge in [-0.2, -0.15) is 13.2 Å². The van der Waals surface area contributed by atoms with Crippen LogP contribution in [0.3, 0.4) is 0 Å². The Hall–Kier alpha value is -0.580. The van der Waals surface area contributed by atoms with Gasteiger partial charge in [-0.15, -0.1) is 0 Å². The summed E-state index contributed by atoms with van der Waals surface area (Å²) < 4.78 is 35.3. The van der Waals surface area contributed by atoms with Crippen molar-refractivity contribution in [1.82, 2.24) is 0 Å². The van der Waals surface area contributed by atoms with Crippen LogP contribution in [0.15, 0.2) is 0 Å². The van der Waals surface area contributed by atoms with Crippen molar-refractivity contribution in [2.75, 3.05) is 0 Å². The number of carbonyl (C=O) groups excluding carboxylic acids is 1. The third kappa shape index (κ3) is 5.77. The molecule has 1 aliphatic carbocycles. The fourth-order valence-electron chi connectivity index (χ4n) is 1.54. The van der Waals surface area contributed by atoms with Crippen LogP contribution in [0.25, 0.3) is 0 Å². The highest BCUT2D eigenvalue weighted by Gasteiger charge is 2.30. The number of halogens is 3. The monoisotopic (exact) mass is 223 g/mol. The first-order valence-corrected chi connectivity index (χ1v) is 5.22. The molecule has 0 amide bonds. The molecular weight excluding hydrogens is 207 g/mol. The van der Waals surface area contributed by atoms with Gasteiger partial charge in [0.2, 0.25) is 0 Å². The molecule has 0 aromatic rings. The molecule has 0 heterocycles. The Morgan fingerprint density at radius 2 is 2.00 bits per heavy atom. The van der Waals surface area contributed by atoms with E-state index >= 15 is 0 Å². The van der Waals surface area contributed by atoms with Crippen molar-refractivity contribution in [3.8, 4) is 0 Å². The summed E-state index contributed by atoms with van der Waals surface area (Å²) in [6.07, 6.45) is -2.80. The quantitative estimate of drug-likeness (QED) is 0.751. The number of alkyl halides is 3. The number of hydrogen-bond acceptors (Lipinski definition) is 2. The highest BCUT2D eigenvalue weighted by molar-refractivity contribution is 5.79. The molecule has 0 aliphatic heterocycles. The minimum absolute atomic E-state index is 0.0000694. The van der Waals surface area contributed by atoms with Crippen molar-refractivity contribution in [2.45, 2.75) is 50.7 Å². The number of carbonyl (C=O) groups is 1. The lowest BCUT2D eigenvalue weighted by Crippen LogP contribution is -2.26. The van der Waals surface area contributed by atoms with Gasteiger partial charge in [-0.3, -0.25) is 4.79 Å². The van der Waals surface area contributed by atoms with Crippen LogP contribution in [-0.2, 0) is 4.79 Å². The summed E-state index contributed by atoms with van der Waals surface area (Å²) in [6.45, 7) is 0. The topological polar surface area (TPSA) is 43.1 Å². The second-order valence-corrected chi connectivity index (χ2v) is 4.21. The molecule has 1 fully saturated rings. The van der Waals surface area contributed by atoms with Gasteiger partial charge in [0.15, 0.2) is 0 Å². The van der Waals surface area contributed by atoms with Gasteiger partial charge in [0.25, 0.3) is 0 Å². The Labute approximate surface area is 87.0 Å². The predicted octanol–water partition coefficient (Wildman–Crippen LogP) is 2.42. The molecule has 0 saturated heterocycles. The van der Waals surface area contributed by atoms with E-state index in [1.165, 1.54) is 0 Å². The van der Waals surface area contributed by atoms with Crippen LogP contribution in [0.1, 0.15) is 38.5 Å². The maximum Gasteiger partial charge on any atom is 0.389 e. The molecule has 1 atom stereocenters. The van der Waals surface area contributed by atoms with E-state index in [1.54, 1.807) is 0 Å². The van der Waals surface area contributed by atoms with Gasteiger partial charge in [0.05, 0.1) is 0 Å². The average Bonchev–Trinajstić information content (AvgIpc) is 2.82. The SMILES string of the molecule is NC(CC(=O)CCCC(F)(F)F)C1CC1. The zero-order valence-corrected chi connectivity index (χ0v) is 8.52. The Morgan fingerprint density at radius 3 is 2.47 bits per heavy atom. The highest BCUT2D eigenvalue weighted by Crippen LogP contribution is 2.33. The molecular formula is C10H16F3NO. The standard InChI is InChI=1S/C10H16F3NO/c11-10(12,13)5-1-2-8(15)6-9(14)7-3-4-7/h7,9H,1-6,14H2. The van der Waals surface area contributed by atoms with Gasteiger partial charge in [-0.05, 0) is 25.2 Å².